The summed E-state index contributed by atoms with van der Waals surface area (Å²) in [6.07, 6.45) is -0.633. The van der Waals surface area contributed by atoms with Crippen LogP contribution in [0, 0.1) is 0 Å². The zero-order valence-electron chi connectivity index (χ0n) is 14.9. The number of halogens is 2. The predicted molar refractivity (Wildman–Crippen MR) is 99.1 cm³/mol. The Morgan fingerprint density at radius 1 is 1.18 bits per heavy atom. The van der Waals surface area contributed by atoms with E-state index in [0.29, 0.717) is 6.54 Å². The SMILES string of the molecule is CS(=O)(=O)c1ccc(-n2nc(C(F)F)c(CO)c2NCc2ccccc2)cn1. The average Bonchev–Trinajstić information content (AvgIpc) is 3.05. The molecule has 1 aromatic carbocycles. The van der Waals surface area contributed by atoms with Gasteiger partial charge in [-0.3, -0.25) is 0 Å². The topological polar surface area (TPSA) is 97.1 Å². The Balaban J connectivity index is 2.03. The van der Waals surface area contributed by atoms with Crippen molar-refractivity contribution in [1.82, 2.24) is 14.8 Å². The van der Waals surface area contributed by atoms with Crippen molar-refractivity contribution in [2.24, 2.45) is 0 Å². The van der Waals surface area contributed by atoms with E-state index in [-0.39, 0.29) is 22.1 Å². The molecule has 0 aliphatic heterocycles. The van der Waals surface area contributed by atoms with Crippen LogP contribution < -0.4 is 5.32 Å². The molecule has 0 aliphatic carbocycles. The molecule has 2 N–H and O–H groups in total. The van der Waals surface area contributed by atoms with E-state index in [0.717, 1.165) is 11.8 Å². The van der Waals surface area contributed by atoms with Gasteiger partial charge in [-0.2, -0.15) is 5.10 Å². The van der Waals surface area contributed by atoms with Gasteiger partial charge in [0.2, 0.25) is 0 Å². The highest BCUT2D eigenvalue weighted by Gasteiger charge is 2.24. The lowest BCUT2D eigenvalue weighted by molar-refractivity contribution is 0.141. The van der Waals surface area contributed by atoms with Crippen LogP contribution in [0.5, 0.6) is 0 Å². The van der Waals surface area contributed by atoms with Crippen LogP contribution in [0.15, 0.2) is 53.7 Å². The quantitative estimate of drug-likeness (QED) is 0.624. The summed E-state index contributed by atoms with van der Waals surface area (Å²) in [7, 11) is -3.50. The number of hydrogen-bond acceptors (Lipinski definition) is 6. The van der Waals surface area contributed by atoms with Crippen LogP contribution in [0.2, 0.25) is 0 Å². The van der Waals surface area contributed by atoms with E-state index in [1.54, 1.807) is 0 Å². The number of alkyl halides is 2. The summed E-state index contributed by atoms with van der Waals surface area (Å²) in [5, 5.41) is 16.4. The van der Waals surface area contributed by atoms with E-state index in [1.807, 2.05) is 30.3 Å². The number of aliphatic hydroxyl groups is 1. The number of benzene rings is 1. The predicted octanol–water partition coefficient (Wildman–Crippen LogP) is 2.71. The third-order valence-electron chi connectivity index (χ3n) is 4.03. The molecule has 3 rings (SSSR count). The van der Waals surface area contributed by atoms with E-state index in [1.165, 1.54) is 23.0 Å². The zero-order valence-corrected chi connectivity index (χ0v) is 15.7. The van der Waals surface area contributed by atoms with E-state index in [9.17, 15) is 22.3 Å². The monoisotopic (exact) mass is 408 g/mol. The lowest BCUT2D eigenvalue weighted by Gasteiger charge is -2.12. The molecule has 7 nitrogen and oxygen atoms in total. The van der Waals surface area contributed by atoms with Crippen LogP contribution in [0.3, 0.4) is 0 Å². The second kappa shape index (κ2) is 8.03. The summed E-state index contributed by atoms with van der Waals surface area (Å²) >= 11 is 0. The van der Waals surface area contributed by atoms with Crippen LogP contribution in [0.1, 0.15) is 23.2 Å². The summed E-state index contributed by atoms with van der Waals surface area (Å²) in [6, 6.07) is 12.0. The molecule has 0 aliphatic rings. The number of nitrogens with one attached hydrogen (secondary N) is 1. The maximum atomic E-state index is 13.4. The minimum Gasteiger partial charge on any atom is -0.391 e. The summed E-state index contributed by atoms with van der Waals surface area (Å²) in [4.78, 5) is 3.87. The first-order chi connectivity index (χ1) is 13.3. The van der Waals surface area contributed by atoms with Gasteiger partial charge in [-0.1, -0.05) is 30.3 Å². The fourth-order valence-electron chi connectivity index (χ4n) is 2.67. The molecule has 148 valence electrons. The van der Waals surface area contributed by atoms with Gasteiger partial charge < -0.3 is 10.4 Å². The summed E-state index contributed by atoms with van der Waals surface area (Å²) < 4.78 is 51.1. The van der Waals surface area contributed by atoms with Gasteiger partial charge in [-0.05, 0) is 17.7 Å². The second-order valence-corrected chi connectivity index (χ2v) is 8.01. The first-order valence-corrected chi connectivity index (χ1v) is 10.2. The first-order valence-electron chi connectivity index (χ1n) is 8.26. The highest BCUT2D eigenvalue weighted by Crippen LogP contribution is 2.30. The van der Waals surface area contributed by atoms with Crippen LogP contribution in [0.4, 0.5) is 14.6 Å². The summed E-state index contributed by atoms with van der Waals surface area (Å²) in [6.45, 7) is -0.317. The Labute approximate surface area is 160 Å². The van der Waals surface area contributed by atoms with E-state index in [4.69, 9.17) is 0 Å². The highest BCUT2D eigenvalue weighted by molar-refractivity contribution is 7.90. The number of hydrogen-bond donors (Lipinski definition) is 2. The number of aromatic nitrogens is 3. The van der Waals surface area contributed by atoms with Crippen molar-refractivity contribution in [3.63, 3.8) is 0 Å². The third kappa shape index (κ3) is 4.18. The first kappa shape index (κ1) is 19.9. The molecule has 0 unspecified atom stereocenters. The number of anilines is 1. The van der Waals surface area contributed by atoms with Gasteiger partial charge in [0.05, 0.1) is 18.5 Å². The van der Waals surface area contributed by atoms with Crippen LogP contribution in [-0.4, -0.2) is 34.5 Å². The Morgan fingerprint density at radius 2 is 1.89 bits per heavy atom. The highest BCUT2D eigenvalue weighted by atomic mass is 32.2. The number of nitrogens with zero attached hydrogens (tertiary/aromatic N) is 3. The molecule has 10 heteroatoms. The van der Waals surface area contributed by atoms with Crippen molar-refractivity contribution >= 4 is 15.7 Å². The van der Waals surface area contributed by atoms with Crippen LogP contribution >= 0.6 is 0 Å². The lowest BCUT2D eigenvalue weighted by atomic mass is 10.2. The maximum absolute atomic E-state index is 13.4. The zero-order chi connectivity index (χ0) is 20.3. The molecule has 0 bridgehead atoms. The van der Waals surface area contributed by atoms with E-state index >= 15 is 0 Å². The summed E-state index contributed by atoms with van der Waals surface area (Å²) in [5.74, 6) is 0.190. The number of aliphatic hydroxyl groups excluding tert-OH is 1. The van der Waals surface area contributed by atoms with Gasteiger partial charge >= 0.3 is 0 Å². The molecular formula is C18H18F2N4O3S. The molecule has 0 saturated carbocycles. The molecule has 2 aromatic heterocycles. The van der Waals surface area contributed by atoms with Gasteiger partial charge in [0.25, 0.3) is 6.43 Å². The minimum atomic E-state index is -3.50. The second-order valence-electron chi connectivity index (χ2n) is 6.05. The van der Waals surface area contributed by atoms with Crippen molar-refractivity contribution < 1.29 is 22.3 Å². The normalized spacial score (nSPS) is 11.8. The van der Waals surface area contributed by atoms with Crippen molar-refractivity contribution in [3.05, 3.63) is 65.5 Å². The fraction of sp³-hybridized carbons (Fsp3) is 0.222. The van der Waals surface area contributed by atoms with Gasteiger partial charge in [0, 0.05) is 18.4 Å². The third-order valence-corrected chi connectivity index (χ3v) is 5.03. The van der Waals surface area contributed by atoms with Crippen molar-refractivity contribution in [1.29, 1.82) is 0 Å². The smallest absolute Gasteiger partial charge is 0.282 e. The van der Waals surface area contributed by atoms with E-state index in [2.05, 4.69) is 15.4 Å². The molecule has 3 aromatic rings. The molecule has 0 saturated heterocycles. The van der Waals surface area contributed by atoms with E-state index < -0.39 is 28.6 Å². The lowest BCUT2D eigenvalue weighted by Crippen LogP contribution is -2.09. The molecule has 0 atom stereocenters. The Hall–Kier alpha value is -2.85. The molecule has 0 amide bonds. The fourth-order valence-corrected chi connectivity index (χ4v) is 3.23. The number of rotatable bonds is 7. The standard InChI is InChI=1S/C18H18F2N4O3S/c1-28(26,27)15-8-7-13(10-21-15)24-18(14(11-25)16(23-24)17(19)20)22-9-12-5-3-2-4-6-12/h2-8,10,17,22,25H,9,11H2,1H3. The Morgan fingerprint density at radius 3 is 2.43 bits per heavy atom. The van der Waals surface area contributed by atoms with Gasteiger partial charge in [0.1, 0.15) is 11.5 Å². The van der Waals surface area contributed by atoms with Crippen molar-refractivity contribution in [2.45, 2.75) is 24.6 Å². The number of pyridine rings is 1. The van der Waals surface area contributed by atoms with Gasteiger partial charge in [0.15, 0.2) is 14.9 Å². The minimum absolute atomic E-state index is 0.0295. The molecular weight excluding hydrogens is 390 g/mol. The molecule has 0 spiro atoms. The van der Waals surface area contributed by atoms with Crippen molar-refractivity contribution in [3.8, 4) is 5.69 Å². The molecule has 2 heterocycles. The average molecular weight is 408 g/mol. The Bertz CT molecular complexity index is 1050. The van der Waals surface area contributed by atoms with Gasteiger partial charge in [-0.25, -0.2) is 26.9 Å². The van der Waals surface area contributed by atoms with Gasteiger partial charge in [-0.15, -0.1) is 0 Å². The molecule has 0 radical (unpaired) electrons. The largest absolute Gasteiger partial charge is 0.391 e. The molecule has 28 heavy (non-hydrogen) atoms. The van der Waals surface area contributed by atoms with Crippen LogP contribution in [-0.2, 0) is 23.0 Å². The van der Waals surface area contributed by atoms with Crippen LogP contribution in [0.25, 0.3) is 5.69 Å². The summed E-state index contributed by atoms with van der Waals surface area (Å²) in [5.41, 5.74) is 0.608. The molecule has 0 fully saturated rings. The van der Waals surface area contributed by atoms with Crippen molar-refractivity contribution in [2.75, 3.05) is 11.6 Å². The maximum Gasteiger partial charge on any atom is 0.282 e. The Kier molecular flexibility index (Phi) is 5.71. The number of sulfone groups is 1.